The Bertz CT molecular complexity index is 317. The molecular weight excluding hydrogens is 220 g/mol. The van der Waals surface area contributed by atoms with Crippen molar-refractivity contribution in [3.8, 4) is 0 Å². The minimum absolute atomic E-state index is 0.175. The maximum absolute atomic E-state index is 11.8. The molecule has 5 nitrogen and oxygen atoms in total. The van der Waals surface area contributed by atoms with E-state index in [2.05, 4.69) is 19.2 Å². The van der Waals surface area contributed by atoms with Crippen LogP contribution in [0.3, 0.4) is 0 Å². The van der Waals surface area contributed by atoms with Gasteiger partial charge in [0, 0.05) is 12.1 Å². The number of rotatable bonds is 6. The molecule has 0 aromatic carbocycles. The van der Waals surface area contributed by atoms with Crippen molar-refractivity contribution < 1.29 is 14.7 Å². The first-order valence-electron chi connectivity index (χ1n) is 6.04. The molecule has 5 heteroatoms. The number of hydrogen-bond donors (Lipinski definition) is 3. The summed E-state index contributed by atoms with van der Waals surface area (Å²) in [7, 11) is 0. The van der Waals surface area contributed by atoms with E-state index in [1.165, 1.54) is 0 Å². The lowest BCUT2D eigenvalue weighted by Gasteiger charge is -2.31. The Morgan fingerprint density at radius 1 is 1.47 bits per heavy atom. The Labute approximate surface area is 102 Å². The smallest absolute Gasteiger partial charge is 0.307 e. The highest BCUT2D eigenvalue weighted by atomic mass is 16.4. The van der Waals surface area contributed by atoms with Crippen molar-refractivity contribution in [2.24, 2.45) is 23.5 Å². The van der Waals surface area contributed by atoms with Crippen LogP contribution in [0.1, 0.15) is 33.6 Å². The van der Waals surface area contributed by atoms with Crippen molar-refractivity contribution in [2.75, 3.05) is 6.54 Å². The molecule has 1 saturated carbocycles. The number of carboxylic acid groups (broad SMARTS) is 1. The summed E-state index contributed by atoms with van der Waals surface area (Å²) in [5.41, 5.74) is 5.25. The van der Waals surface area contributed by atoms with E-state index in [4.69, 9.17) is 10.8 Å². The summed E-state index contributed by atoms with van der Waals surface area (Å²) >= 11 is 0. The summed E-state index contributed by atoms with van der Waals surface area (Å²) < 4.78 is 0. The summed E-state index contributed by atoms with van der Waals surface area (Å²) in [5, 5.41) is 11.7. The average Bonchev–Trinajstić information content (AvgIpc) is 2.95. The molecule has 0 aromatic rings. The van der Waals surface area contributed by atoms with Gasteiger partial charge in [0.15, 0.2) is 0 Å². The van der Waals surface area contributed by atoms with Crippen LogP contribution in [0.15, 0.2) is 0 Å². The molecule has 0 aromatic heterocycles. The molecule has 0 aliphatic heterocycles. The molecule has 1 rings (SSSR count). The van der Waals surface area contributed by atoms with Crippen LogP contribution in [0.5, 0.6) is 0 Å². The minimum Gasteiger partial charge on any atom is -0.481 e. The van der Waals surface area contributed by atoms with Gasteiger partial charge in [-0.1, -0.05) is 13.8 Å². The highest BCUT2D eigenvalue weighted by Crippen LogP contribution is 2.39. The molecule has 1 aliphatic rings. The zero-order valence-electron chi connectivity index (χ0n) is 10.7. The second-order valence-corrected chi connectivity index (χ2v) is 5.64. The lowest BCUT2D eigenvalue weighted by atomic mass is 9.90. The zero-order valence-corrected chi connectivity index (χ0v) is 10.7. The number of carbonyl (C=O) groups excluding carboxylic acids is 1. The number of hydrogen-bond acceptors (Lipinski definition) is 3. The maximum Gasteiger partial charge on any atom is 0.307 e. The Kier molecular flexibility index (Phi) is 4.14. The molecule has 0 saturated heterocycles. The predicted molar refractivity (Wildman–Crippen MR) is 64.3 cm³/mol. The second kappa shape index (κ2) is 5.04. The number of carbonyl (C=O) groups is 2. The number of aliphatic carboxylic acids is 1. The second-order valence-electron chi connectivity index (χ2n) is 5.64. The van der Waals surface area contributed by atoms with Gasteiger partial charge in [-0.25, -0.2) is 0 Å². The van der Waals surface area contributed by atoms with Crippen molar-refractivity contribution in [3.63, 3.8) is 0 Å². The number of nitrogens with two attached hydrogens (primary N) is 1. The van der Waals surface area contributed by atoms with Crippen LogP contribution in [0.4, 0.5) is 0 Å². The normalized spacial score (nSPS) is 26.4. The number of carboxylic acids is 1. The largest absolute Gasteiger partial charge is 0.481 e. The van der Waals surface area contributed by atoms with E-state index in [1.54, 1.807) is 0 Å². The van der Waals surface area contributed by atoms with Gasteiger partial charge >= 0.3 is 5.97 Å². The van der Waals surface area contributed by atoms with Crippen molar-refractivity contribution in [2.45, 2.75) is 39.2 Å². The molecule has 1 aliphatic carbocycles. The van der Waals surface area contributed by atoms with E-state index >= 15 is 0 Å². The Hall–Kier alpha value is -1.10. The summed E-state index contributed by atoms with van der Waals surface area (Å²) in [4.78, 5) is 22.5. The molecule has 3 atom stereocenters. The van der Waals surface area contributed by atoms with Gasteiger partial charge in [0.25, 0.3) is 0 Å². The van der Waals surface area contributed by atoms with Gasteiger partial charge in [0.1, 0.15) is 0 Å². The molecular formula is C12H22N2O3. The minimum atomic E-state index is -0.886. The molecule has 0 spiro atoms. The third-order valence-corrected chi connectivity index (χ3v) is 3.18. The first kappa shape index (κ1) is 14.0. The van der Waals surface area contributed by atoms with Crippen molar-refractivity contribution in [1.82, 2.24) is 5.32 Å². The van der Waals surface area contributed by atoms with E-state index in [-0.39, 0.29) is 11.8 Å². The van der Waals surface area contributed by atoms with Gasteiger partial charge in [-0.15, -0.1) is 0 Å². The summed E-state index contributed by atoms with van der Waals surface area (Å²) in [6.07, 6.45) is 1.24. The van der Waals surface area contributed by atoms with Gasteiger partial charge in [0.2, 0.25) is 5.91 Å². The Morgan fingerprint density at radius 2 is 2.06 bits per heavy atom. The molecule has 1 fully saturated rings. The van der Waals surface area contributed by atoms with Crippen molar-refractivity contribution in [1.29, 1.82) is 0 Å². The molecule has 1 amide bonds. The van der Waals surface area contributed by atoms with E-state index < -0.39 is 17.4 Å². The molecule has 0 radical (unpaired) electrons. The first-order valence-corrected chi connectivity index (χ1v) is 6.04. The zero-order chi connectivity index (χ0) is 13.2. The standard InChI is InChI=1S/C12H22N2O3/c1-7(2)5-12(3,6-13)14-10(15)8-4-9(8)11(16)17/h7-9H,4-6,13H2,1-3H3,(H,14,15)(H,16,17)/t8-,9-,12?/m1/s1. The third kappa shape index (κ3) is 3.70. The monoisotopic (exact) mass is 242 g/mol. The predicted octanol–water partition coefficient (Wildman–Crippen LogP) is 0.587. The van der Waals surface area contributed by atoms with Gasteiger partial charge in [-0.2, -0.15) is 0 Å². The van der Waals surface area contributed by atoms with Crippen LogP contribution in [0.25, 0.3) is 0 Å². The van der Waals surface area contributed by atoms with Crippen LogP contribution in [0.2, 0.25) is 0 Å². The molecule has 17 heavy (non-hydrogen) atoms. The highest BCUT2D eigenvalue weighted by Gasteiger charge is 2.49. The van der Waals surface area contributed by atoms with Crippen molar-refractivity contribution in [3.05, 3.63) is 0 Å². The SMILES string of the molecule is CC(C)CC(C)(CN)NC(=O)[C@@H]1C[C@H]1C(=O)O. The van der Waals surface area contributed by atoms with Crippen LogP contribution in [0, 0.1) is 17.8 Å². The highest BCUT2D eigenvalue weighted by molar-refractivity contribution is 5.89. The van der Waals surface area contributed by atoms with Gasteiger partial charge < -0.3 is 16.2 Å². The summed E-state index contributed by atoms with van der Waals surface area (Å²) in [6.45, 7) is 6.40. The van der Waals surface area contributed by atoms with Crippen LogP contribution in [-0.2, 0) is 9.59 Å². The lowest BCUT2D eigenvalue weighted by Crippen LogP contribution is -2.52. The number of nitrogens with one attached hydrogen (secondary N) is 1. The van der Waals surface area contributed by atoms with Crippen molar-refractivity contribution >= 4 is 11.9 Å². The lowest BCUT2D eigenvalue weighted by molar-refractivity contribution is -0.140. The molecule has 0 bridgehead atoms. The van der Waals surface area contributed by atoms with Crippen LogP contribution < -0.4 is 11.1 Å². The Balaban J connectivity index is 2.52. The van der Waals surface area contributed by atoms with E-state index in [0.717, 1.165) is 6.42 Å². The topological polar surface area (TPSA) is 92.4 Å². The van der Waals surface area contributed by atoms with Crippen LogP contribution >= 0.6 is 0 Å². The van der Waals surface area contributed by atoms with Crippen LogP contribution in [-0.4, -0.2) is 29.1 Å². The number of amides is 1. The molecule has 4 N–H and O–H groups in total. The molecule has 1 unspecified atom stereocenters. The Morgan fingerprint density at radius 3 is 2.41 bits per heavy atom. The molecule has 0 heterocycles. The molecule has 98 valence electrons. The third-order valence-electron chi connectivity index (χ3n) is 3.18. The average molecular weight is 242 g/mol. The van der Waals surface area contributed by atoms with E-state index in [1.807, 2.05) is 6.92 Å². The fourth-order valence-corrected chi connectivity index (χ4v) is 2.23. The fourth-order valence-electron chi connectivity index (χ4n) is 2.23. The van der Waals surface area contributed by atoms with Gasteiger partial charge in [-0.05, 0) is 25.7 Å². The summed E-state index contributed by atoms with van der Waals surface area (Å²) in [5.74, 6) is -1.51. The fraction of sp³-hybridized carbons (Fsp3) is 0.833. The summed E-state index contributed by atoms with van der Waals surface area (Å²) in [6, 6.07) is 0. The maximum atomic E-state index is 11.8. The van der Waals surface area contributed by atoms with E-state index in [0.29, 0.717) is 18.9 Å². The van der Waals surface area contributed by atoms with Gasteiger partial charge in [-0.3, -0.25) is 9.59 Å². The first-order chi connectivity index (χ1) is 7.79. The van der Waals surface area contributed by atoms with Gasteiger partial charge in [0.05, 0.1) is 11.8 Å². The quantitative estimate of drug-likeness (QED) is 0.635. The van der Waals surface area contributed by atoms with E-state index in [9.17, 15) is 9.59 Å².